The van der Waals surface area contributed by atoms with Crippen molar-refractivity contribution < 1.29 is 22.9 Å². The molecule has 0 aromatic rings. The highest BCUT2D eigenvalue weighted by Crippen LogP contribution is 2.15. The van der Waals surface area contributed by atoms with Gasteiger partial charge >= 0.3 is 0 Å². The number of amides is 1. The number of hydrogen-bond donors (Lipinski definition) is 3. The van der Waals surface area contributed by atoms with E-state index in [1.165, 1.54) is 160 Å². The molecule has 2 atom stereocenters. The van der Waals surface area contributed by atoms with E-state index >= 15 is 0 Å². The first kappa shape index (κ1) is 52.3. The molecule has 0 spiro atoms. The van der Waals surface area contributed by atoms with Crippen molar-refractivity contribution in [1.82, 2.24) is 5.32 Å². The van der Waals surface area contributed by atoms with Crippen LogP contribution in [0.1, 0.15) is 226 Å². The van der Waals surface area contributed by atoms with Gasteiger partial charge in [-0.2, -0.15) is 8.42 Å². The van der Waals surface area contributed by atoms with E-state index in [0.717, 1.165) is 44.9 Å². The van der Waals surface area contributed by atoms with E-state index in [1.54, 1.807) is 0 Å². The highest BCUT2D eigenvalue weighted by atomic mass is 32.2. The van der Waals surface area contributed by atoms with Crippen LogP contribution in [0.2, 0.25) is 0 Å². The first-order valence-corrected chi connectivity index (χ1v) is 24.4. The van der Waals surface area contributed by atoms with E-state index in [4.69, 9.17) is 0 Å². The Labute approximate surface area is 335 Å². The fourth-order valence-corrected chi connectivity index (χ4v) is 7.52. The lowest BCUT2D eigenvalue weighted by Gasteiger charge is -2.21. The van der Waals surface area contributed by atoms with Crippen molar-refractivity contribution in [2.75, 3.05) is 5.75 Å². The summed E-state index contributed by atoms with van der Waals surface area (Å²) >= 11 is 0. The van der Waals surface area contributed by atoms with Gasteiger partial charge in [-0.3, -0.25) is 9.35 Å². The maximum absolute atomic E-state index is 12.5. The van der Waals surface area contributed by atoms with Crippen LogP contribution in [-0.4, -0.2) is 41.9 Å². The van der Waals surface area contributed by atoms with E-state index in [-0.39, 0.29) is 12.3 Å². The molecule has 7 heteroatoms. The smallest absolute Gasteiger partial charge is 0.267 e. The van der Waals surface area contributed by atoms with Gasteiger partial charge in [0.05, 0.1) is 17.9 Å². The van der Waals surface area contributed by atoms with Crippen molar-refractivity contribution in [3.05, 3.63) is 48.6 Å². The summed E-state index contributed by atoms with van der Waals surface area (Å²) in [6, 6.07) is -1.08. The Bertz CT molecular complexity index is 1030. The van der Waals surface area contributed by atoms with Crippen LogP contribution in [-0.2, 0) is 14.9 Å². The molecule has 0 radical (unpaired) electrons. The van der Waals surface area contributed by atoms with Crippen LogP contribution >= 0.6 is 0 Å². The number of rotatable bonds is 41. The summed E-state index contributed by atoms with van der Waals surface area (Å²) in [5.41, 5.74) is 0. The lowest BCUT2D eigenvalue weighted by Crippen LogP contribution is -2.46. The topological polar surface area (TPSA) is 104 Å². The molecular weight excluding hydrogens is 691 g/mol. The van der Waals surface area contributed by atoms with Gasteiger partial charge in [-0.15, -0.1) is 0 Å². The summed E-state index contributed by atoms with van der Waals surface area (Å²) in [5.74, 6) is -1.00. The second-order valence-electron chi connectivity index (χ2n) is 15.7. The number of allylic oxidation sites excluding steroid dienone is 7. The Hall–Kier alpha value is -1.70. The van der Waals surface area contributed by atoms with Crippen LogP contribution in [0.25, 0.3) is 0 Å². The fourth-order valence-electron chi connectivity index (χ4n) is 6.79. The normalized spacial score (nSPS) is 13.6. The molecule has 0 aromatic carbocycles. The highest BCUT2D eigenvalue weighted by molar-refractivity contribution is 7.85. The van der Waals surface area contributed by atoms with Crippen molar-refractivity contribution in [2.45, 2.75) is 238 Å². The number of nitrogens with one attached hydrogen (secondary N) is 1. The maximum Gasteiger partial charge on any atom is 0.267 e. The van der Waals surface area contributed by atoms with Crippen molar-refractivity contribution in [1.29, 1.82) is 0 Å². The van der Waals surface area contributed by atoms with Gasteiger partial charge in [-0.25, -0.2) is 0 Å². The van der Waals surface area contributed by atoms with E-state index < -0.39 is 28.0 Å². The van der Waals surface area contributed by atoms with Crippen molar-refractivity contribution in [3.63, 3.8) is 0 Å². The molecule has 2 unspecified atom stereocenters. The zero-order valence-electron chi connectivity index (χ0n) is 35.3. The van der Waals surface area contributed by atoms with Crippen molar-refractivity contribution >= 4 is 16.0 Å². The van der Waals surface area contributed by atoms with Crippen molar-refractivity contribution in [2.24, 2.45) is 0 Å². The predicted octanol–water partition coefficient (Wildman–Crippen LogP) is 13.9. The highest BCUT2D eigenvalue weighted by Gasteiger charge is 2.24. The first-order valence-electron chi connectivity index (χ1n) is 22.8. The third-order valence-corrected chi connectivity index (χ3v) is 11.0. The molecule has 0 aliphatic carbocycles. The third-order valence-electron chi connectivity index (χ3n) is 10.2. The molecule has 316 valence electrons. The molecule has 6 nitrogen and oxygen atoms in total. The van der Waals surface area contributed by atoms with Crippen LogP contribution in [0.15, 0.2) is 48.6 Å². The quantitative estimate of drug-likeness (QED) is 0.0326. The summed E-state index contributed by atoms with van der Waals surface area (Å²) in [6.45, 7) is 4.51. The van der Waals surface area contributed by atoms with E-state index in [9.17, 15) is 22.9 Å². The van der Waals surface area contributed by atoms with Crippen LogP contribution in [0.3, 0.4) is 0 Å². The number of aliphatic hydroxyl groups excluding tert-OH is 1. The van der Waals surface area contributed by atoms with Gasteiger partial charge in [0.25, 0.3) is 10.1 Å². The van der Waals surface area contributed by atoms with Gasteiger partial charge in [0.1, 0.15) is 0 Å². The van der Waals surface area contributed by atoms with Gasteiger partial charge in [0.15, 0.2) is 0 Å². The number of carbonyl (C=O) groups is 1. The molecule has 0 aliphatic rings. The number of carbonyl (C=O) groups excluding carboxylic acids is 1. The Morgan fingerprint density at radius 3 is 1.31 bits per heavy atom. The average Bonchev–Trinajstić information content (AvgIpc) is 3.14. The predicted molar refractivity (Wildman–Crippen MR) is 235 cm³/mol. The van der Waals surface area contributed by atoms with Crippen LogP contribution in [0, 0.1) is 0 Å². The molecule has 0 heterocycles. The summed E-state index contributed by atoms with van der Waals surface area (Å²) < 4.78 is 32.6. The Morgan fingerprint density at radius 2 is 0.852 bits per heavy atom. The van der Waals surface area contributed by atoms with Gasteiger partial charge < -0.3 is 10.4 Å². The summed E-state index contributed by atoms with van der Waals surface area (Å²) in [5, 5.41) is 13.2. The SMILES string of the molecule is CCCCC/C=C\C/C=C\CCCCCCCCCCCC(=O)NC(CS(=O)(=O)O)C(O)/C=C/CC/C=C/CCCCCCCCCCCCCCCC. The van der Waals surface area contributed by atoms with Crippen LogP contribution < -0.4 is 5.32 Å². The van der Waals surface area contributed by atoms with Crippen LogP contribution in [0.4, 0.5) is 0 Å². The molecule has 0 rings (SSSR count). The number of aliphatic hydroxyl groups is 1. The minimum atomic E-state index is -4.36. The molecular formula is C47H87NO5S. The second-order valence-corrected chi connectivity index (χ2v) is 17.2. The minimum Gasteiger partial charge on any atom is -0.387 e. The van der Waals surface area contributed by atoms with Crippen molar-refractivity contribution in [3.8, 4) is 0 Å². The second kappa shape index (κ2) is 40.9. The standard InChI is InChI=1S/C47H87NO5S/c1-3-5-7-9-11-13-15-17-19-21-23-25-26-28-30-32-34-36-38-40-42-46(49)45(44-54(51,52)53)48-47(50)43-41-39-37-35-33-31-29-27-24-22-20-18-16-14-12-10-8-6-4-2/h12,14,18,20,32,34,40,42,45-46,49H,3-11,13,15-17,19,21-31,33,35-39,41,43-44H2,1-2H3,(H,48,50)(H,51,52,53)/b14-12-,20-18-,34-32+,42-40+. The Kier molecular flexibility index (Phi) is 39.7. The largest absolute Gasteiger partial charge is 0.387 e. The van der Waals surface area contributed by atoms with Gasteiger partial charge in [-0.05, 0) is 64.2 Å². The van der Waals surface area contributed by atoms with Gasteiger partial charge in [0, 0.05) is 6.42 Å². The first-order chi connectivity index (χ1) is 26.3. The molecule has 0 bridgehead atoms. The fraction of sp³-hybridized carbons (Fsp3) is 0.809. The Balaban J connectivity index is 3.91. The van der Waals surface area contributed by atoms with Crippen LogP contribution in [0.5, 0.6) is 0 Å². The molecule has 3 N–H and O–H groups in total. The maximum atomic E-state index is 12.5. The van der Waals surface area contributed by atoms with Gasteiger partial charge in [0.2, 0.25) is 5.91 Å². The third kappa shape index (κ3) is 41.5. The number of hydrogen-bond acceptors (Lipinski definition) is 4. The molecule has 0 saturated heterocycles. The Morgan fingerprint density at radius 1 is 0.500 bits per heavy atom. The summed E-state index contributed by atoms with van der Waals surface area (Å²) in [6.07, 6.45) is 55.3. The van der Waals surface area contributed by atoms with E-state index in [2.05, 4.69) is 55.6 Å². The van der Waals surface area contributed by atoms with Gasteiger partial charge in [-0.1, -0.05) is 204 Å². The van der Waals surface area contributed by atoms with E-state index in [0.29, 0.717) is 6.42 Å². The lowest BCUT2D eigenvalue weighted by molar-refractivity contribution is -0.122. The zero-order chi connectivity index (χ0) is 39.6. The molecule has 0 fully saturated rings. The molecule has 0 aliphatic heterocycles. The molecule has 1 amide bonds. The average molecular weight is 778 g/mol. The monoisotopic (exact) mass is 778 g/mol. The number of unbranched alkanes of at least 4 members (excludes halogenated alkanes) is 27. The minimum absolute atomic E-state index is 0.282. The molecule has 0 aromatic heterocycles. The molecule has 54 heavy (non-hydrogen) atoms. The molecule has 0 saturated carbocycles. The lowest BCUT2D eigenvalue weighted by atomic mass is 10.0. The summed E-state index contributed by atoms with van der Waals surface area (Å²) in [7, 11) is -4.36. The summed E-state index contributed by atoms with van der Waals surface area (Å²) in [4.78, 5) is 12.5. The van der Waals surface area contributed by atoms with E-state index in [1.807, 2.05) is 6.08 Å². The zero-order valence-corrected chi connectivity index (χ0v) is 36.2.